The van der Waals surface area contributed by atoms with Gasteiger partial charge in [0.15, 0.2) is 0 Å². The van der Waals surface area contributed by atoms with Crippen LogP contribution in [-0.4, -0.2) is 42.5 Å². The zero-order valence-electron chi connectivity index (χ0n) is 17.5. The molecule has 0 bridgehead atoms. The second-order valence-electron chi connectivity index (χ2n) is 7.55. The van der Waals surface area contributed by atoms with Crippen molar-refractivity contribution in [2.24, 2.45) is 0 Å². The minimum Gasteiger partial charge on any atom is -0.395 e. The lowest BCUT2D eigenvalue weighted by Gasteiger charge is -2.24. The fraction of sp³-hybridized carbons (Fsp3) is 0.304. The van der Waals surface area contributed by atoms with E-state index in [0.29, 0.717) is 11.6 Å². The molecule has 0 spiro atoms. The largest absolute Gasteiger partial charge is 0.417 e. The van der Waals surface area contributed by atoms with Crippen molar-refractivity contribution >= 4 is 23.1 Å². The van der Waals surface area contributed by atoms with Crippen LogP contribution in [0.25, 0.3) is 5.57 Å². The van der Waals surface area contributed by atoms with Crippen molar-refractivity contribution in [3.63, 3.8) is 0 Å². The lowest BCUT2D eigenvalue weighted by molar-refractivity contribution is -0.137. The number of fused-ring (bicyclic) bond motifs is 1. The molecule has 0 unspecified atom stereocenters. The zero-order valence-corrected chi connectivity index (χ0v) is 17.5. The van der Waals surface area contributed by atoms with Gasteiger partial charge >= 0.3 is 6.18 Å². The number of halogens is 5. The maximum absolute atomic E-state index is 15.1. The monoisotopic (exact) mass is 468 g/mol. The highest BCUT2D eigenvalue weighted by Crippen LogP contribution is 2.44. The van der Waals surface area contributed by atoms with Crippen LogP contribution in [0.3, 0.4) is 0 Å². The molecule has 0 aliphatic carbocycles. The fourth-order valence-electron chi connectivity index (χ4n) is 3.62. The number of amides is 2. The Morgan fingerprint density at radius 3 is 2.55 bits per heavy atom. The Labute approximate surface area is 186 Å². The third-order valence-electron chi connectivity index (χ3n) is 5.17. The van der Waals surface area contributed by atoms with Crippen molar-refractivity contribution in [3.8, 4) is 0 Å². The number of benzene rings is 2. The summed E-state index contributed by atoms with van der Waals surface area (Å²) in [6.07, 6.45) is -5.01. The number of hydrogen-bond acceptors (Lipinski definition) is 3. The Morgan fingerprint density at radius 1 is 1.18 bits per heavy atom. The molecule has 0 saturated heterocycles. The first-order chi connectivity index (χ1) is 15.5. The smallest absolute Gasteiger partial charge is 0.395 e. The molecule has 33 heavy (non-hydrogen) atoms. The zero-order chi connectivity index (χ0) is 24.4. The molecule has 0 saturated carbocycles. The minimum absolute atomic E-state index is 0.0269. The van der Waals surface area contributed by atoms with E-state index in [4.69, 9.17) is 5.11 Å². The summed E-state index contributed by atoms with van der Waals surface area (Å²) < 4.78 is 70.6. The Kier molecular flexibility index (Phi) is 6.87. The van der Waals surface area contributed by atoms with E-state index in [1.54, 1.807) is 13.0 Å². The lowest BCUT2D eigenvalue weighted by atomic mass is 9.95. The van der Waals surface area contributed by atoms with Crippen LogP contribution in [0.2, 0.25) is 0 Å². The maximum atomic E-state index is 15.1. The molecule has 3 rings (SSSR count). The van der Waals surface area contributed by atoms with Crippen LogP contribution in [-0.2, 0) is 11.0 Å². The van der Waals surface area contributed by atoms with Crippen LogP contribution < -0.4 is 10.2 Å². The lowest BCUT2D eigenvalue weighted by Crippen LogP contribution is -2.34. The van der Waals surface area contributed by atoms with Gasteiger partial charge in [-0.25, -0.2) is 8.78 Å². The highest BCUT2D eigenvalue weighted by Gasteiger charge is 2.43. The number of carbonyl (C=O) groups excluding carboxylic acids is 2. The highest BCUT2D eigenvalue weighted by atomic mass is 19.4. The summed E-state index contributed by atoms with van der Waals surface area (Å²) in [6, 6.07) is 8.44. The number of carbonyl (C=O) groups is 2. The van der Waals surface area contributed by atoms with Gasteiger partial charge in [0.1, 0.15) is 0 Å². The van der Waals surface area contributed by atoms with E-state index >= 15 is 8.78 Å². The number of hydrogen-bond donors (Lipinski definition) is 2. The molecule has 10 heteroatoms. The van der Waals surface area contributed by atoms with Crippen molar-refractivity contribution in [2.45, 2.75) is 25.4 Å². The number of alkyl halides is 5. The second-order valence-corrected chi connectivity index (χ2v) is 7.55. The van der Waals surface area contributed by atoms with E-state index in [1.807, 2.05) is 0 Å². The van der Waals surface area contributed by atoms with Crippen molar-refractivity contribution in [1.82, 2.24) is 5.32 Å². The minimum atomic E-state index is -4.81. The molecule has 1 aliphatic rings. The molecule has 2 N–H and O–H groups in total. The van der Waals surface area contributed by atoms with Crippen LogP contribution in [0.15, 0.2) is 48.5 Å². The van der Waals surface area contributed by atoms with Crippen molar-refractivity contribution < 1.29 is 36.6 Å². The number of allylic oxidation sites excluding steroid dienone is 1. The summed E-state index contributed by atoms with van der Waals surface area (Å²) in [7, 11) is 0. The molecule has 5 nitrogen and oxygen atoms in total. The SMILES string of the molecule is Cc1ccc2c(c1)/C(=C/C(=O)NCCO)C(F)(F)CCN2C(=O)c1ccccc1C(F)(F)F. The van der Waals surface area contributed by atoms with Gasteiger partial charge in [-0.2, -0.15) is 13.2 Å². The molecule has 0 atom stereocenters. The van der Waals surface area contributed by atoms with Gasteiger partial charge < -0.3 is 15.3 Å². The fourth-order valence-corrected chi connectivity index (χ4v) is 3.62. The second kappa shape index (κ2) is 9.30. The molecule has 2 aromatic carbocycles. The van der Waals surface area contributed by atoms with Crippen LogP contribution >= 0.6 is 0 Å². The molecule has 2 amide bonds. The quantitative estimate of drug-likeness (QED) is 0.522. The van der Waals surface area contributed by atoms with Crippen molar-refractivity contribution in [2.75, 3.05) is 24.6 Å². The van der Waals surface area contributed by atoms with Gasteiger partial charge in [-0.3, -0.25) is 9.59 Å². The number of aliphatic hydroxyl groups excluding tert-OH is 1. The first kappa shape index (κ1) is 24.4. The van der Waals surface area contributed by atoms with Crippen LogP contribution in [0, 0.1) is 6.92 Å². The van der Waals surface area contributed by atoms with Crippen LogP contribution in [0.5, 0.6) is 0 Å². The molecule has 2 aromatic rings. The van der Waals surface area contributed by atoms with Crippen LogP contribution in [0.4, 0.5) is 27.6 Å². The third-order valence-corrected chi connectivity index (χ3v) is 5.17. The van der Waals surface area contributed by atoms with E-state index in [2.05, 4.69) is 5.32 Å². The van der Waals surface area contributed by atoms with Gasteiger partial charge in [0.05, 0.1) is 23.4 Å². The Balaban J connectivity index is 2.15. The van der Waals surface area contributed by atoms with Crippen molar-refractivity contribution in [1.29, 1.82) is 0 Å². The van der Waals surface area contributed by atoms with Crippen LogP contribution in [0.1, 0.15) is 33.5 Å². The maximum Gasteiger partial charge on any atom is 0.417 e. The standard InChI is InChI=1S/C23H21F5N2O3/c1-14-6-7-19-16(12-14)18(13-20(32)29-9-11-31)22(24,25)8-10-30(19)21(33)15-4-2-3-5-17(15)23(26,27)28/h2-7,12-13,31H,8-11H2,1H3,(H,29,32)/b18-13-. The molecular formula is C23H21F5N2O3. The average molecular weight is 468 g/mol. The number of aryl methyl sites for hydroxylation is 1. The number of aliphatic hydroxyl groups is 1. The van der Waals surface area contributed by atoms with Gasteiger partial charge in [0.25, 0.3) is 11.8 Å². The van der Waals surface area contributed by atoms with E-state index in [-0.39, 0.29) is 24.4 Å². The molecule has 176 valence electrons. The van der Waals surface area contributed by atoms with E-state index in [9.17, 15) is 22.8 Å². The Hall–Kier alpha value is -3.27. The Bertz CT molecular complexity index is 1100. The van der Waals surface area contributed by atoms with Gasteiger partial charge in [-0.15, -0.1) is 0 Å². The number of nitrogens with zero attached hydrogens (tertiary/aromatic N) is 1. The molecule has 0 fully saturated rings. The average Bonchev–Trinajstić information content (AvgIpc) is 2.85. The first-order valence-corrected chi connectivity index (χ1v) is 10.0. The third kappa shape index (κ3) is 5.22. The van der Waals surface area contributed by atoms with Gasteiger partial charge in [-0.1, -0.05) is 23.8 Å². The predicted octanol–water partition coefficient (Wildman–Crippen LogP) is 4.19. The van der Waals surface area contributed by atoms with Gasteiger partial charge in [-0.05, 0) is 31.2 Å². The molecule has 0 radical (unpaired) electrons. The summed E-state index contributed by atoms with van der Waals surface area (Å²) in [4.78, 5) is 26.2. The molecule has 1 aliphatic heterocycles. The van der Waals surface area contributed by atoms with Crippen molar-refractivity contribution in [3.05, 3.63) is 70.8 Å². The van der Waals surface area contributed by atoms with Gasteiger partial charge in [0.2, 0.25) is 5.91 Å². The van der Waals surface area contributed by atoms with E-state index in [1.165, 1.54) is 18.2 Å². The summed E-state index contributed by atoms with van der Waals surface area (Å²) >= 11 is 0. The Morgan fingerprint density at radius 2 is 1.88 bits per heavy atom. The van der Waals surface area contributed by atoms with E-state index < -0.39 is 53.6 Å². The molecule has 0 aromatic heterocycles. The number of rotatable bonds is 4. The van der Waals surface area contributed by atoms with Gasteiger partial charge in [0, 0.05) is 36.7 Å². The summed E-state index contributed by atoms with van der Waals surface area (Å²) in [5, 5.41) is 11.1. The summed E-state index contributed by atoms with van der Waals surface area (Å²) in [5.74, 6) is -5.49. The van der Waals surface area contributed by atoms with E-state index in [0.717, 1.165) is 23.1 Å². The topological polar surface area (TPSA) is 69.6 Å². The summed E-state index contributed by atoms with van der Waals surface area (Å²) in [5.41, 5.74) is -2.09. The predicted molar refractivity (Wildman–Crippen MR) is 112 cm³/mol. The molecular weight excluding hydrogens is 447 g/mol. The number of anilines is 1. The normalized spacial score (nSPS) is 16.8. The number of nitrogens with one attached hydrogen (secondary N) is 1. The first-order valence-electron chi connectivity index (χ1n) is 10.0. The summed E-state index contributed by atoms with van der Waals surface area (Å²) in [6.45, 7) is 0.525. The molecule has 1 heterocycles. The highest BCUT2D eigenvalue weighted by molar-refractivity contribution is 6.10.